The molecule has 0 aliphatic carbocycles. The van der Waals surface area contributed by atoms with Crippen LogP contribution < -0.4 is 14.8 Å². The summed E-state index contributed by atoms with van der Waals surface area (Å²) < 4.78 is 11.3. The minimum atomic E-state index is -0.712. The number of benzene rings is 1. The van der Waals surface area contributed by atoms with Crippen LogP contribution in [0.2, 0.25) is 0 Å². The molecule has 0 saturated carbocycles. The summed E-state index contributed by atoms with van der Waals surface area (Å²) in [5.41, 5.74) is 0.460. The van der Waals surface area contributed by atoms with Crippen molar-refractivity contribution in [1.82, 2.24) is 5.32 Å². The Bertz CT molecular complexity index is 399. The van der Waals surface area contributed by atoms with Crippen LogP contribution in [0.15, 0.2) is 18.2 Å². The summed E-state index contributed by atoms with van der Waals surface area (Å²) in [6.07, 6.45) is 0.581. The van der Waals surface area contributed by atoms with Gasteiger partial charge in [0.15, 0.2) is 11.5 Å². The molecule has 0 unspecified atom stereocenters. The van der Waals surface area contributed by atoms with Crippen molar-refractivity contribution in [2.24, 2.45) is 0 Å². The van der Waals surface area contributed by atoms with Crippen LogP contribution in [0.25, 0.3) is 0 Å². The first-order valence-electron chi connectivity index (χ1n) is 7.28. The molecule has 0 bridgehead atoms. The Morgan fingerprint density at radius 1 is 1.15 bits per heavy atom. The highest BCUT2D eigenvalue weighted by Crippen LogP contribution is 2.29. The predicted octanol–water partition coefficient (Wildman–Crippen LogP) is 2.73. The SMILES string of the molecule is CCNCc1ccc(OCCC(C)(C)O)c(OCC)c1. The zero-order chi connectivity index (χ0) is 15.0. The molecule has 0 spiro atoms. The van der Waals surface area contributed by atoms with Crippen molar-refractivity contribution in [3.05, 3.63) is 23.8 Å². The maximum Gasteiger partial charge on any atom is 0.161 e. The van der Waals surface area contributed by atoms with E-state index in [4.69, 9.17) is 9.47 Å². The smallest absolute Gasteiger partial charge is 0.161 e. The number of hydrogen-bond donors (Lipinski definition) is 2. The summed E-state index contributed by atoms with van der Waals surface area (Å²) in [6.45, 7) is 10.4. The molecule has 0 heterocycles. The Hall–Kier alpha value is -1.26. The fourth-order valence-corrected chi connectivity index (χ4v) is 1.73. The molecule has 20 heavy (non-hydrogen) atoms. The Labute approximate surface area is 122 Å². The van der Waals surface area contributed by atoms with E-state index in [1.165, 1.54) is 5.56 Å². The van der Waals surface area contributed by atoms with Crippen molar-refractivity contribution < 1.29 is 14.6 Å². The molecule has 0 aliphatic rings. The second-order valence-electron chi connectivity index (χ2n) is 5.41. The molecule has 0 amide bonds. The van der Waals surface area contributed by atoms with Gasteiger partial charge in [-0.25, -0.2) is 0 Å². The number of rotatable bonds is 9. The second kappa shape index (κ2) is 8.12. The van der Waals surface area contributed by atoms with E-state index in [1.807, 2.05) is 25.1 Å². The Morgan fingerprint density at radius 2 is 1.90 bits per heavy atom. The van der Waals surface area contributed by atoms with Crippen molar-refractivity contribution in [3.8, 4) is 11.5 Å². The maximum absolute atomic E-state index is 9.69. The molecule has 1 aromatic carbocycles. The van der Waals surface area contributed by atoms with Crippen LogP contribution in [0.1, 0.15) is 39.7 Å². The van der Waals surface area contributed by atoms with Crippen molar-refractivity contribution in [1.29, 1.82) is 0 Å². The monoisotopic (exact) mass is 281 g/mol. The van der Waals surface area contributed by atoms with Gasteiger partial charge in [-0.2, -0.15) is 0 Å². The van der Waals surface area contributed by atoms with Crippen LogP contribution >= 0.6 is 0 Å². The Kier molecular flexibility index (Phi) is 6.82. The summed E-state index contributed by atoms with van der Waals surface area (Å²) in [5, 5.41) is 13.0. The highest BCUT2D eigenvalue weighted by Gasteiger charge is 2.13. The maximum atomic E-state index is 9.69. The molecule has 0 aromatic heterocycles. The van der Waals surface area contributed by atoms with Crippen LogP contribution in [-0.2, 0) is 6.54 Å². The van der Waals surface area contributed by atoms with Crippen LogP contribution in [0.5, 0.6) is 11.5 Å². The van der Waals surface area contributed by atoms with Crippen LogP contribution in [0, 0.1) is 0 Å². The molecule has 114 valence electrons. The summed E-state index contributed by atoms with van der Waals surface area (Å²) >= 11 is 0. The normalized spacial score (nSPS) is 11.4. The third-order valence-electron chi connectivity index (χ3n) is 2.86. The van der Waals surface area contributed by atoms with E-state index in [9.17, 15) is 5.11 Å². The van der Waals surface area contributed by atoms with Gasteiger partial charge in [0.1, 0.15) is 0 Å². The number of nitrogens with one attached hydrogen (secondary N) is 1. The lowest BCUT2D eigenvalue weighted by Crippen LogP contribution is -2.22. The first kappa shape index (κ1) is 16.8. The first-order valence-corrected chi connectivity index (χ1v) is 7.28. The highest BCUT2D eigenvalue weighted by molar-refractivity contribution is 5.43. The van der Waals surface area contributed by atoms with Gasteiger partial charge in [-0.05, 0) is 45.0 Å². The number of aliphatic hydroxyl groups is 1. The lowest BCUT2D eigenvalue weighted by atomic mass is 10.1. The van der Waals surface area contributed by atoms with Crippen molar-refractivity contribution in [2.45, 2.75) is 46.3 Å². The van der Waals surface area contributed by atoms with Crippen molar-refractivity contribution in [3.63, 3.8) is 0 Å². The Morgan fingerprint density at radius 3 is 2.50 bits per heavy atom. The van der Waals surface area contributed by atoms with Gasteiger partial charge in [-0.15, -0.1) is 0 Å². The average molecular weight is 281 g/mol. The zero-order valence-corrected chi connectivity index (χ0v) is 13.0. The van der Waals surface area contributed by atoms with E-state index in [-0.39, 0.29) is 0 Å². The second-order valence-corrected chi connectivity index (χ2v) is 5.41. The summed E-state index contributed by atoms with van der Waals surface area (Å²) in [6, 6.07) is 5.97. The third-order valence-corrected chi connectivity index (χ3v) is 2.86. The fourth-order valence-electron chi connectivity index (χ4n) is 1.73. The Balaban J connectivity index is 2.68. The van der Waals surface area contributed by atoms with Crippen LogP contribution in [-0.4, -0.2) is 30.5 Å². The van der Waals surface area contributed by atoms with Gasteiger partial charge in [-0.3, -0.25) is 0 Å². The molecule has 0 atom stereocenters. The van der Waals surface area contributed by atoms with Gasteiger partial charge in [-0.1, -0.05) is 13.0 Å². The van der Waals surface area contributed by atoms with Gasteiger partial charge in [0.2, 0.25) is 0 Å². The zero-order valence-electron chi connectivity index (χ0n) is 13.0. The van der Waals surface area contributed by atoms with Gasteiger partial charge in [0.25, 0.3) is 0 Å². The average Bonchev–Trinajstić information content (AvgIpc) is 2.37. The fraction of sp³-hybridized carbons (Fsp3) is 0.625. The lowest BCUT2D eigenvalue weighted by Gasteiger charge is -2.18. The van der Waals surface area contributed by atoms with Crippen molar-refractivity contribution >= 4 is 0 Å². The molecule has 4 nitrogen and oxygen atoms in total. The standard InChI is InChI=1S/C16H27NO3/c1-5-17-12-13-7-8-14(15(11-13)19-6-2)20-10-9-16(3,4)18/h7-8,11,17-18H,5-6,9-10,12H2,1-4H3. The number of ether oxygens (including phenoxy) is 2. The summed E-state index contributed by atoms with van der Waals surface area (Å²) in [7, 11) is 0. The lowest BCUT2D eigenvalue weighted by molar-refractivity contribution is 0.0548. The van der Waals surface area contributed by atoms with E-state index in [2.05, 4.69) is 12.2 Å². The van der Waals surface area contributed by atoms with Crippen LogP contribution in [0.3, 0.4) is 0 Å². The van der Waals surface area contributed by atoms with Crippen LogP contribution in [0.4, 0.5) is 0 Å². The summed E-state index contributed by atoms with van der Waals surface area (Å²) in [4.78, 5) is 0. The third kappa shape index (κ3) is 6.26. The first-order chi connectivity index (χ1) is 9.46. The minimum absolute atomic E-state index is 0.468. The highest BCUT2D eigenvalue weighted by atomic mass is 16.5. The van der Waals surface area contributed by atoms with Gasteiger partial charge in [0, 0.05) is 13.0 Å². The molecule has 2 N–H and O–H groups in total. The molecule has 0 radical (unpaired) electrons. The van der Waals surface area contributed by atoms with Gasteiger partial charge >= 0.3 is 0 Å². The van der Waals surface area contributed by atoms with E-state index in [0.717, 1.165) is 24.6 Å². The molecule has 4 heteroatoms. The quantitative estimate of drug-likeness (QED) is 0.731. The van der Waals surface area contributed by atoms with Crippen molar-refractivity contribution in [2.75, 3.05) is 19.8 Å². The van der Waals surface area contributed by atoms with E-state index in [0.29, 0.717) is 19.6 Å². The molecule has 0 fully saturated rings. The van der Waals surface area contributed by atoms with Gasteiger partial charge < -0.3 is 19.9 Å². The van der Waals surface area contributed by atoms with E-state index >= 15 is 0 Å². The largest absolute Gasteiger partial charge is 0.490 e. The summed E-state index contributed by atoms with van der Waals surface area (Å²) in [5.74, 6) is 1.50. The number of hydrogen-bond acceptors (Lipinski definition) is 4. The molecular weight excluding hydrogens is 254 g/mol. The molecule has 1 rings (SSSR count). The topological polar surface area (TPSA) is 50.7 Å². The molecular formula is C16H27NO3. The van der Waals surface area contributed by atoms with Gasteiger partial charge in [0.05, 0.1) is 18.8 Å². The molecule has 0 saturated heterocycles. The molecule has 1 aromatic rings. The van der Waals surface area contributed by atoms with E-state index < -0.39 is 5.60 Å². The minimum Gasteiger partial charge on any atom is -0.490 e. The molecule has 0 aliphatic heterocycles. The van der Waals surface area contributed by atoms with E-state index in [1.54, 1.807) is 13.8 Å². The predicted molar refractivity (Wildman–Crippen MR) is 81.4 cm³/mol.